The van der Waals surface area contributed by atoms with Gasteiger partial charge >= 0.3 is 0 Å². The van der Waals surface area contributed by atoms with Gasteiger partial charge in [-0.3, -0.25) is 4.79 Å². The van der Waals surface area contributed by atoms with Crippen LogP contribution >= 0.6 is 0 Å². The van der Waals surface area contributed by atoms with Crippen LogP contribution in [-0.4, -0.2) is 32.8 Å². The van der Waals surface area contributed by atoms with E-state index in [0.29, 0.717) is 6.61 Å². The van der Waals surface area contributed by atoms with Gasteiger partial charge in [0.1, 0.15) is 19.0 Å². The molecule has 1 aromatic carbocycles. The van der Waals surface area contributed by atoms with E-state index in [0.717, 1.165) is 30.1 Å². The van der Waals surface area contributed by atoms with Crippen LogP contribution in [0.3, 0.4) is 0 Å². The molecule has 0 bridgehead atoms. The van der Waals surface area contributed by atoms with Crippen LogP contribution in [0.5, 0.6) is 5.75 Å². The third-order valence-electron chi connectivity index (χ3n) is 2.47. The SMILES string of the molecule is COCC(=O)Nc1ccc2c(c1)CNCCO2. The number of anilines is 1. The smallest absolute Gasteiger partial charge is 0.250 e. The zero-order chi connectivity index (χ0) is 12.1. The van der Waals surface area contributed by atoms with Gasteiger partial charge in [0.25, 0.3) is 0 Å². The van der Waals surface area contributed by atoms with Crippen LogP contribution in [0.25, 0.3) is 0 Å². The Kier molecular flexibility index (Phi) is 3.95. The fourth-order valence-corrected chi connectivity index (χ4v) is 1.72. The molecular formula is C12H16N2O3. The molecular weight excluding hydrogens is 220 g/mol. The summed E-state index contributed by atoms with van der Waals surface area (Å²) in [5, 5.41) is 6.01. The van der Waals surface area contributed by atoms with Gasteiger partial charge in [-0.15, -0.1) is 0 Å². The number of fused-ring (bicyclic) bond motifs is 1. The Morgan fingerprint density at radius 2 is 2.47 bits per heavy atom. The van der Waals surface area contributed by atoms with Crippen molar-refractivity contribution >= 4 is 11.6 Å². The molecule has 0 aliphatic carbocycles. The highest BCUT2D eigenvalue weighted by Gasteiger charge is 2.10. The predicted molar refractivity (Wildman–Crippen MR) is 64.1 cm³/mol. The van der Waals surface area contributed by atoms with Crippen molar-refractivity contribution in [3.05, 3.63) is 23.8 Å². The highest BCUT2D eigenvalue weighted by atomic mass is 16.5. The number of rotatable bonds is 3. The van der Waals surface area contributed by atoms with Gasteiger partial charge in [0.2, 0.25) is 5.91 Å². The van der Waals surface area contributed by atoms with Gasteiger partial charge in [0.15, 0.2) is 0 Å². The molecule has 0 atom stereocenters. The highest BCUT2D eigenvalue weighted by Crippen LogP contribution is 2.24. The Balaban J connectivity index is 2.09. The molecule has 0 fully saturated rings. The van der Waals surface area contributed by atoms with Crippen LogP contribution in [0, 0.1) is 0 Å². The molecule has 2 rings (SSSR count). The van der Waals surface area contributed by atoms with Gasteiger partial charge in [-0.1, -0.05) is 0 Å². The number of carbonyl (C=O) groups excluding carboxylic acids is 1. The van der Waals surface area contributed by atoms with Crippen molar-refractivity contribution in [1.29, 1.82) is 0 Å². The number of amides is 1. The fraction of sp³-hybridized carbons (Fsp3) is 0.417. The van der Waals surface area contributed by atoms with Crippen LogP contribution in [-0.2, 0) is 16.1 Å². The third kappa shape index (κ3) is 3.18. The molecule has 92 valence electrons. The molecule has 1 aliphatic rings. The summed E-state index contributed by atoms with van der Waals surface area (Å²) in [5.74, 6) is 0.717. The minimum absolute atomic E-state index is 0.0613. The van der Waals surface area contributed by atoms with E-state index < -0.39 is 0 Å². The number of hydrogen-bond acceptors (Lipinski definition) is 4. The van der Waals surface area contributed by atoms with Crippen molar-refractivity contribution in [1.82, 2.24) is 5.32 Å². The quantitative estimate of drug-likeness (QED) is 0.813. The summed E-state index contributed by atoms with van der Waals surface area (Å²) in [6.07, 6.45) is 0. The minimum Gasteiger partial charge on any atom is -0.492 e. The minimum atomic E-state index is -0.157. The van der Waals surface area contributed by atoms with Crippen LogP contribution in [0.2, 0.25) is 0 Å². The Morgan fingerprint density at radius 1 is 1.59 bits per heavy atom. The molecule has 0 unspecified atom stereocenters. The first-order valence-electron chi connectivity index (χ1n) is 5.55. The van der Waals surface area contributed by atoms with Crippen molar-refractivity contribution in [3.63, 3.8) is 0 Å². The number of nitrogens with one attached hydrogen (secondary N) is 2. The molecule has 0 saturated carbocycles. The number of hydrogen-bond donors (Lipinski definition) is 2. The first-order chi connectivity index (χ1) is 8.29. The Bertz CT molecular complexity index is 407. The molecule has 1 aliphatic heterocycles. The maximum atomic E-state index is 11.4. The second-order valence-corrected chi connectivity index (χ2v) is 3.83. The van der Waals surface area contributed by atoms with E-state index in [4.69, 9.17) is 9.47 Å². The van der Waals surface area contributed by atoms with E-state index in [-0.39, 0.29) is 12.5 Å². The van der Waals surface area contributed by atoms with Crippen molar-refractivity contribution in [3.8, 4) is 5.75 Å². The zero-order valence-electron chi connectivity index (χ0n) is 9.79. The molecule has 5 nitrogen and oxygen atoms in total. The molecule has 1 aromatic rings. The summed E-state index contributed by atoms with van der Waals surface area (Å²) < 4.78 is 10.3. The Hall–Kier alpha value is -1.59. The van der Waals surface area contributed by atoms with Gasteiger partial charge in [-0.25, -0.2) is 0 Å². The molecule has 17 heavy (non-hydrogen) atoms. The Morgan fingerprint density at radius 3 is 3.29 bits per heavy atom. The van der Waals surface area contributed by atoms with Crippen molar-refractivity contribution < 1.29 is 14.3 Å². The van der Waals surface area contributed by atoms with E-state index in [2.05, 4.69) is 10.6 Å². The first-order valence-corrected chi connectivity index (χ1v) is 5.55. The predicted octanol–water partition coefficient (Wildman–Crippen LogP) is 0.753. The largest absolute Gasteiger partial charge is 0.492 e. The van der Waals surface area contributed by atoms with E-state index in [1.165, 1.54) is 7.11 Å². The lowest BCUT2D eigenvalue weighted by molar-refractivity contribution is -0.119. The van der Waals surface area contributed by atoms with Crippen LogP contribution in [0.4, 0.5) is 5.69 Å². The molecule has 5 heteroatoms. The van der Waals surface area contributed by atoms with E-state index in [9.17, 15) is 4.79 Å². The van der Waals surface area contributed by atoms with Crippen LogP contribution in [0.1, 0.15) is 5.56 Å². The molecule has 0 saturated heterocycles. The summed E-state index contributed by atoms with van der Waals surface area (Å²) in [6.45, 7) is 2.32. The lowest BCUT2D eigenvalue weighted by Gasteiger charge is -2.09. The normalized spacial score (nSPS) is 14.4. The lowest BCUT2D eigenvalue weighted by atomic mass is 10.1. The van der Waals surface area contributed by atoms with E-state index in [1.807, 2.05) is 18.2 Å². The summed E-state index contributed by atoms with van der Waals surface area (Å²) in [5.41, 5.74) is 1.82. The summed E-state index contributed by atoms with van der Waals surface area (Å²) in [4.78, 5) is 11.4. The molecule has 0 radical (unpaired) electrons. The molecule has 2 N–H and O–H groups in total. The van der Waals surface area contributed by atoms with E-state index >= 15 is 0 Å². The number of ether oxygens (including phenoxy) is 2. The van der Waals surface area contributed by atoms with Gasteiger partial charge in [-0.2, -0.15) is 0 Å². The van der Waals surface area contributed by atoms with Crippen molar-refractivity contribution in [2.24, 2.45) is 0 Å². The summed E-state index contributed by atoms with van der Waals surface area (Å²) in [6, 6.07) is 5.63. The second kappa shape index (κ2) is 5.65. The fourth-order valence-electron chi connectivity index (χ4n) is 1.72. The van der Waals surface area contributed by atoms with Gasteiger partial charge in [0.05, 0.1) is 0 Å². The maximum Gasteiger partial charge on any atom is 0.250 e. The standard InChI is InChI=1S/C12H16N2O3/c1-16-8-12(15)14-10-2-3-11-9(6-10)7-13-4-5-17-11/h2-3,6,13H,4-5,7-8H2,1H3,(H,14,15). The lowest BCUT2D eigenvalue weighted by Crippen LogP contribution is -2.17. The van der Waals surface area contributed by atoms with Crippen molar-refractivity contribution in [2.75, 3.05) is 32.2 Å². The summed E-state index contributed by atoms with van der Waals surface area (Å²) >= 11 is 0. The molecule has 0 spiro atoms. The van der Waals surface area contributed by atoms with Crippen LogP contribution in [0.15, 0.2) is 18.2 Å². The number of carbonyl (C=O) groups is 1. The zero-order valence-corrected chi connectivity index (χ0v) is 9.79. The van der Waals surface area contributed by atoms with Gasteiger partial charge in [-0.05, 0) is 18.2 Å². The van der Waals surface area contributed by atoms with Gasteiger partial charge < -0.3 is 20.1 Å². The monoisotopic (exact) mass is 236 g/mol. The Labute approximate surface area is 100 Å². The number of methoxy groups -OCH3 is 1. The van der Waals surface area contributed by atoms with Crippen molar-refractivity contribution in [2.45, 2.75) is 6.54 Å². The van der Waals surface area contributed by atoms with Crippen LogP contribution < -0.4 is 15.4 Å². The third-order valence-corrected chi connectivity index (χ3v) is 2.47. The molecule has 1 heterocycles. The average Bonchev–Trinajstić information content (AvgIpc) is 2.53. The second-order valence-electron chi connectivity index (χ2n) is 3.83. The highest BCUT2D eigenvalue weighted by molar-refractivity contribution is 5.91. The molecule has 0 aromatic heterocycles. The topological polar surface area (TPSA) is 59.6 Å². The molecule has 1 amide bonds. The first kappa shape index (κ1) is 11.9. The van der Waals surface area contributed by atoms with E-state index in [1.54, 1.807) is 0 Å². The summed E-state index contributed by atoms with van der Waals surface area (Å²) in [7, 11) is 1.49. The number of benzene rings is 1. The average molecular weight is 236 g/mol. The van der Waals surface area contributed by atoms with Gasteiger partial charge in [0, 0.05) is 31.5 Å². The maximum absolute atomic E-state index is 11.4.